The number of alkyl halides is 3. The molecular weight excluding hydrogens is 519 g/mol. The smallest absolute Gasteiger partial charge is 0.369 e. The molecule has 2 N–H and O–H groups in total. The first-order valence-electron chi connectivity index (χ1n) is 12.7. The summed E-state index contributed by atoms with van der Waals surface area (Å²) in [7, 11) is 4.19. The summed E-state index contributed by atoms with van der Waals surface area (Å²) >= 11 is 6.43. The molecule has 7 nitrogen and oxygen atoms in total. The summed E-state index contributed by atoms with van der Waals surface area (Å²) in [6.45, 7) is 4.01. The summed E-state index contributed by atoms with van der Waals surface area (Å²) < 4.78 is 42.3. The zero-order valence-corrected chi connectivity index (χ0v) is 22.7. The average Bonchev–Trinajstić information content (AvgIpc) is 3.34. The topological polar surface area (TPSA) is 72.9 Å². The Hall–Kier alpha value is -2.98. The number of H-pyrrole nitrogens is 1. The molecule has 0 aliphatic heterocycles. The molecule has 1 saturated carbocycles. The van der Waals surface area contributed by atoms with E-state index < -0.39 is 35.3 Å². The average molecular weight is 552 g/mol. The van der Waals surface area contributed by atoms with Crippen LogP contribution in [0.1, 0.15) is 59.7 Å². The van der Waals surface area contributed by atoms with E-state index in [0.29, 0.717) is 22.7 Å². The van der Waals surface area contributed by atoms with Crippen molar-refractivity contribution in [1.82, 2.24) is 19.8 Å². The molecular formula is C27H33ClF3N5O2. The minimum absolute atomic E-state index is 0.0898. The quantitative estimate of drug-likeness (QED) is 0.421. The summed E-state index contributed by atoms with van der Waals surface area (Å²) in [5, 5.41) is 5.50. The lowest BCUT2D eigenvalue weighted by Crippen LogP contribution is -2.42. The standard InChI is InChI=1S/C27H33ClF3N5O2/c1-5-35(19-8-6-18(7-9-19)34(3)4)24-13-17(28)12-21(16(24)2)25(37)32-15-22-23(27(29,30)31)14-20-10-11-33-36(20)26(22)38/h10-14,18-19,33H,5-9,15H2,1-4H3,(H,32,37)/t18-,19-. The lowest BCUT2D eigenvalue weighted by molar-refractivity contribution is -0.138. The molecule has 0 unspecified atom stereocenters. The van der Waals surface area contributed by atoms with E-state index in [4.69, 9.17) is 11.6 Å². The van der Waals surface area contributed by atoms with Crippen molar-refractivity contribution in [2.45, 2.75) is 64.3 Å². The first-order valence-corrected chi connectivity index (χ1v) is 13.1. The van der Waals surface area contributed by atoms with E-state index >= 15 is 0 Å². The SMILES string of the molecule is CCN(c1cc(Cl)cc(C(=O)NCc2c(C(F)(F)F)cc3cc[nH]n3c2=O)c1C)[C@H]1CC[C@H](N(C)C)CC1. The Morgan fingerprint density at radius 3 is 2.42 bits per heavy atom. The predicted molar refractivity (Wildman–Crippen MR) is 143 cm³/mol. The van der Waals surface area contributed by atoms with E-state index in [0.717, 1.165) is 48.5 Å². The van der Waals surface area contributed by atoms with Gasteiger partial charge in [0, 0.05) is 47.6 Å². The first-order chi connectivity index (χ1) is 17.9. The van der Waals surface area contributed by atoms with Crippen LogP contribution in [0.4, 0.5) is 18.9 Å². The van der Waals surface area contributed by atoms with Gasteiger partial charge in [0.2, 0.25) is 0 Å². The highest BCUT2D eigenvalue weighted by molar-refractivity contribution is 6.31. The lowest BCUT2D eigenvalue weighted by Gasteiger charge is -2.40. The third-order valence-corrected chi connectivity index (χ3v) is 7.82. The number of pyridine rings is 1. The fourth-order valence-electron chi connectivity index (χ4n) is 5.52. The van der Waals surface area contributed by atoms with Crippen LogP contribution < -0.4 is 15.8 Å². The molecule has 0 radical (unpaired) electrons. The number of amides is 1. The van der Waals surface area contributed by atoms with E-state index in [1.807, 2.05) is 13.0 Å². The lowest BCUT2D eigenvalue weighted by atomic mass is 9.89. The largest absolute Gasteiger partial charge is 0.417 e. The number of carbonyl (C=O) groups is 1. The number of aromatic amines is 1. The third kappa shape index (κ3) is 5.56. The summed E-state index contributed by atoms with van der Waals surface area (Å²) in [6.07, 6.45) is 0.790. The predicted octanol–water partition coefficient (Wildman–Crippen LogP) is 5.24. The van der Waals surface area contributed by atoms with E-state index in [-0.39, 0.29) is 11.1 Å². The first kappa shape index (κ1) is 28.0. The normalized spacial score (nSPS) is 18.2. The van der Waals surface area contributed by atoms with Gasteiger partial charge in [0.15, 0.2) is 0 Å². The molecule has 3 aromatic rings. The van der Waals surface area contributed by atoms with Crippen LogP contribution in [0, 0.1) is 6.92 Å². The maximum atomic E-state index is 13.8. The number of rotatable bonds is 7. The van der Waals surface area contributed by atoms with Crippen molar-refractivity contribution in [3.05, 3.63) is 68.1 Å². The van der Waals surface area contributed by atoms with Gasteiger partial charge in [0.25, 0.3) is 11.5 Å². The molecule has 1 aromatic carbocycles. The summed E-state index contributed by atoms with van der Waals surface area (Å²) in [5.74, 6) is -0.595. The fraction of sp³-hybridized carbons (Fsp3) is 0.481. The number of anilines is 1. The van der Waals surface area contributed by atoms with Crippen LogP contribution in [0.3, 0.4) is 0 Å². The summed E-state index contributed by atoms with van der Waals surface area (Å²) in [4.78, 5) is 30.6. The summed E-state index contributed by atoms with van der Waals surface area (Å²) in [5.41, 5.74) is -0.600. The van der Waals surface area contributed by atoms with Crippen LogP contribution in [0.5, 0.6) is 0 Å². The molecule has 0 atom stereocenters. The van der Waals surface area contributed by atoms with Crippen LogP contribution in [0.15, 0.2) is 35.3 Å². The second kappa shape index (κ2) is 11.0. The fourth-order valence-corrected chi connectivity index (χ4v) is 5.73. The molecule has 0 saturated heterocycles. The summed E-state index contributed by atoms with van der Waals surface area (Å²) in [6, 6.07) is 6.46. The van der Waals surface area contributed by atoms with Gasteiger partial charge in [-0.1, -0.05) is 11.6 Å². The van der Waals surface area contributed by atoms with Gasteiger partial charge in [-0.3, -0.25) is 14.7 Å². The van der Waals surface area contributed by atoms with Gasteiger partial charge in [-0.2, -0.15) is 13.2 Å². The van der Waals surface area contributed by atoms with Crippen molar-refractivity contribution in [2.24, 2.45) is 0 Å². The highest BCUT2D eigenvalue weighted by Gasteiger charge is 2.36. The molecule has 11 heteroatoms. The highest BCUT2D eigenvalue weighted by atomic mass is 35.5. The Morgan fingerprint density at radius 2 is 1.82 bits per heavy atom. The number of aromatic nitrogens is 2. The number of nitrogens with one attached hydrogen (secondary N) is 2. The Bertz CT molecular complexity index is 1370. The third-order valence-electron chi connectivity index (χ3n) is 7.60. The monoisotopic (exact) mass is 551 g/mol. The Morgan fingerprint density at radius 1 is 1.16 bits per heavy atom. The second-order valence-electron chi connectivity index (χ2n) is 10.1. The molecule has 1 amide bonds. The molecule has 1 aliphatic rings. The van der Waals surface area contributed by atoms with Crippen LogP contribution in [-0.2, 0) is 12.7 Å². The van der Waals surface area contributed by atoms with E-state index in [1.54, 1.807) is 0 Å². The molecule has 2 heterocycles. The molecule has 1 fully saturated rings. The van der Waals surface area contributed by atoms with Crippen molar-refractivity contribution in [3.63, 3.8) is 0 Å². The second-order valence-corrected chi connectivity index (χ2v) is 10.5. The van der Waals surface area contributed by atoms with Crippen molar-refractivity contribution in [3.8, 4) is 0 Å². The van der Waals surface area contributed by atoms with Crippen molar-refractivity contribution >= 4 is 28.7 Å². The Balaban J connectivity index is 1.60. The minimum atomic E-state index is -4.75. The highest BCUT2D eigenvalue weighted by Crippen LogP contribution is 2.35. The number of carbonyl (C=O) groups excluding carboxylic acids is 1. The van der Waals surface area contributed by atoms with Gasteiger partial charge >= 0.3 is 6.18 Å². The van der Waals surface area contributed by atoms with Crippen LogP contribution in [-0.4, -0.2) is 53.1 Å². The number of fused-ring (bicyclic) bond motifs is 1. The van der Waals surface area contributed by atoms with E-state index in [9.17, 15) is 22.8 Å². The molecule has 2 aromatic heterocycles. The number of nitrogens with zero attached hydrogens (tertiary/aromatic N) is 3. The van der Waals surface area contributed by atoms with Crippen molar-refractivity contribution in [2.75, 3.05) is 25.5 Å². The molecule has 38 heavy (non-hydrogen) atoms. The van der Waals surface area contributed by atoms with Gasteiger partial charge in [0.1, 0.15) is 0 Å². The number of hydrogen-bond donors (Lipinski definition) is 2. The molecule has 4 rings (SSSR count). The van der Waals surface area contributed by atoms with E-state index in [2.05, 4.69) is 41.2 Å². The van der Waals surface area contributed by atoms with Crippen LogP contribution in [0.2, 0.25) is 5.02 Å². The van der Waals surface area contributed by atoms with Gasteiger partial charge in [-0.05, 0) is 83.5 Å². The maximum absolute atomic E-state index is 13.8. The van der Waals surface area contributed by atoms with Gasteiger partial charge < -0.3 is 15.1 Å². The number of hydrogen-bond acceptors (Lipinski definition) is 4. The number of benzene rings is 1. The van der Waals surface area contributed by atoms with Crippen LogP contribution in [0.25, 0.3) is 5.52 Å². The van der Waals surface area contributed by atoms with Gasteiger partial charge in [0.05, 0.1) is 16.6 Å². The zero-order chi connectivity index (χ0) is 27.8. The molecule has 1 aliphatic carbocycles. The Kier molecular flexibility index (Phi) is 8.13. The van der Waals surface area contributed by atoms with E-state index in [1.165, 1.54) is 18.3 Å². The van der Waals surface area contributed by atoms with Gasteiger partial charge in [-0.25, -0.2) is 4.52 Å². The molecule has 0 spiro atoms. The van der Waals surface area contributed by atoms with Crippen molar-refractivity contribution in [1.29, 1.82) is 0 Å². The minimum Gasteiger partial charge on any atom is -0.369 e. The van der Waals surface area contributed by atoms with Gasteiger partial charge in [-0.15, -0.1) is 0 Å². The van der Waals surface area contributed by atoms with Crippen LogP contribution >= 0.6 is 11.6 Å². The zero-order valence-electron chi connectivity index (χ0n) is 22.0. The molecule has 0 bridgehead atoms. The number of halogens is 4. The Labute approximate surface area is 224 Å². The maximum Gasteiger partial charge on any atom is 0.417 e. The van der Waals surface area contributed by atoms with Crippen molar-refractivity contribution < 1.29 is 18.0 Å². The molecule has 206 valence electrons.